The second kappa shape index (κ2) is 9.45. The van der Waals surface area contributed by atoms with E-state index in [1.807, 2.05) is 18.2 Å². The third-order valence-electron chi connectivity index (χ3n) is 4.51. The third-order valence-corrected chi connectivity index (χ3v) is 5.34. The SMILES string of the molecule is CCCCOc1ccc(Br)cc1/C=C1\C(=O)N(c2ccc(Cl)c(C(=O)O)c2)N=C1C. The smallest absolute Gasteiger partial charge is 0.337 e. The van der Waals surface area contributed by atoms with E-state index in [1.54, 1.807) is 19.1 Å². The molecule has 1 aliphatic heterocycles. The zero-order valence-electron chi connectivity index (χ0n) is 16.5. The minimum atomic E-state index is -1.17. The molecule has 0 saturated carbocycles. The van der Waals surface area contributed by atoms with Gasteiger partial charge in [-0.3, -0.25) is 4.79 Å². The minimum absolute atomic E-state index is 0.0918. The molecule has 1 heterocycles. The normalized spacial score (nSPS) is 14.9. The Morgan fingerprint density at radius 3 is 2.77 bits per heavy atom. The average molecular weight is 492 g/mol. The number of hydrazone groups is 1. The summed E-state index contributed by atoms with van der Waals surface area (Å²) in [7, 11) is 0. The highest BCUT2D eigenvalue weighted by molar-refractivity contribution is 9.10. The van der Waals surface area contributed by atoms with E-state index in [4.69, 9.17) is 16.3 Å². The molecule has 6 nitrogen and oxygen atoms in total. The van der Waals surface area contributed by atoms with Gasteiger partial charge in [0, 0.05) is 10.0 Å². The van der Waals surface area contributed by atoms with Gasteiger partial charge < -0.3 is 9.84 Å². The van der Waals surface area contributed by atoms with Crippen LogP contribution in [0.3, 0.4) is 0 Å². The Kier molecular flexibility index (Phi) is 6.95. The molecule has 156 valence electrons. The second-order valence-corrected chi connectivity index (χ2v) is 8.04. The van der Waals surface area contributed by atoms with Crippen LogP contribution in [0.25, 0.3) is 6.08 Å². The van der Waals surface area contributed by atoms with Crippen molar-refractivity contribution in [3.63, 3.8) is 0 Å². The van der Waals surface area contributed by atoms with Crippen LogP contribution >= 0.6 is 27.5 Å². The Balaban J connectivity index is 1.95. The van der Waals surface area contributed by atoms with Gasteiger partial charge >= 0.3 is 5.97 Å². The van der Waals surface area contributed by atoms with Crippen molar-refractivity contribution in [1.82, 2.24) is 0 Å². The van der Waals surface area contributed by atoms with Crippen molar-refractivity contribution in [1.29, 1.82) is 0 Å². The van der Waals surface area contributed by atoms with E-state index in [9.17, 15) is 14.7 Å². The van der Waals surface area contributed by atoms with Gasteiger partial charge in [0.15, 0.2) is 0 Å². The van der Waals surface area contributed by atoms with Crippen LogP contribution in [0.2, 0.25) is 5.02 Å². The topological polar surface area (TPSA) is 79.2 Å². The van der Waals surface area contributed by atoms with Crippen LogP contribution in [0.15, 0.2) is 51.5 Å². The summed E-state index contributed by atoms with van der Waals surface area (Å²) in [4.78, 5) is 24.4. The van der Waals surface area contributed by atoms with Gasteiger partial charge in [-0.15, -0.1) is 0 Å². The molecular weight excluding hydrogens is 472 g/mol. The zero-order valence-corrected chi connectivity index (χ0v) is 18.8. The Bertz CT molecular complexity index is 1070. The highest BCUT2D eigenvalue weighted by atomic mass is 79.9. The summed E-state index contributed by atoms with van der Waals surface area (Å²) in [6.07, 6.45) is 3.69. The molecule has 30 heavy (non-hydrogen) atoms. The van der Waals surface area contributed by atoms with E-state index in [0.29, 0.717) is 29.3 Å². The van der Waals surface area contributed by atoms with Gasteiger partial charge in [0.2, 0.25) is 0 Å². The predicted molar refractivity (Wildman–Crippen MR) is 122 cm³/mol. The number of nitrogens with zero attached hydrogens (tertiary/aromatic N) is 2. The van der Waals surface area contributed by atoms with Crippen LogP contribution in [0, 0.1) is 0 Å². The number of carboxylic acids is 1. The number of carbonyl (C=O) groups excluding carboxylic acids is 1. The Morgan fingerprint density at radius 2 is 2.07 bits per heavy atom. The molecular formula is C22H20BrClN2O4. The van der Waals surface area contributed by atoms with Gasteiger partial charge in [-0.2, -0.15) is 10.1 Å². The number of anilines is 1. The van der Waals surface area contributed by atoms with Gasteiger partial charge in [-0.25, -0.2) is 4.79 Å². The lowest BCUT2D eigenvalue weighted by Gasteiger charge is -2.13. The quantitative estimate of drug-likeness (QED) is 0.393. The predicted octanol–water partition coefficient (Wildman–Crippen LogP) is 5.79. The van der Waals surface area contributed by atoms with Crippen molar-refractivity contribution in [3.05, 3.63) is 62.6 Å². The van der Waals surface area contributed by atoms with Crippen LogP contribution in [0.1, 0.15) is 42.6 Å². The van der Waals surface area contributed by atoms with E-state index in [0.717, 1.165) is 22.9 Å². The van der Waals surface area contributed by atoms with Gasteiger partial charge in [-0.1, -0.05) is 40.9 Å². The van der Waals surface area contributed by atoms with Crippen LogP contribution in [0.4, 0.5) is 5.69 Å². The molecule has 1 N–H and O–H groups in total. The second-order valence-electron chi connectivity index (χ2n) is 6.71. The van der Waals surface area contributed by atoms with Gasteiger partial charge in [0.1, 0.15) is 5.75 Å². The van der Waals surface area contributed by atoms with Gasteiger partial charge in [0.05, 0.1) is 34.2 Å². The molecule has 0 unspecified atom stereocenters. The summed E-state index contributed by atoms with van der Waals surface area (Å²) in [5, 5.41) is 14.9. The molecule has 1 amide bonds. The first-order valence-corrected chi connectivity index (χ1v) is 10.6. The van der Waals surface area contributed by atoms with Crippen molar-refractivity contribution < 1.29 is 19.4 Å². The van der Waals surface area contributed by atoms with Crippen molar-refractivity contribution in [2.45, 2.75) is 26.7 Å². The van der Waals surface area contributed by atoms with E-state index in [2.05, 4.69) is 28.0 Å². The minimum Gasteiger partial charge on any atom is -0.493 e. The molecule has 8 heteroatoms. The van der Waals surface area contributed by atoms with Crippen molar-refractivity contribution >= 4 is 56.9 Å². The first-order valence-electron chi connectivity index (χ1n) is 9.38. The highest BCUT2D eigenvalue weighted by Gasteiger charge is 2.30. The number of halogens is 2. The van der Waals surface area contributed by atoms with Crippen LogP contribution in [-0.4, -0.2) is 29.3 Å². The number of amides is 1. The van der Waals surface area contributed by atoms with Crippen LogP contribution < -0.4 is 9.75 Å². The van der Waals surface area contributed by atoms with Crippen molar-refractivity contribution in [2.24, 2.45) is 5.10 Å². The van der Waals surface area contributed by atoms with Crippen LogP contribution in [0.5, 0.6) is 5.75 Å². The van der Waals surface area contributed by atoms with Gasteiger partial charge in [0.25, 0.3) is 5.91 Å². The maximum atomic E-state index is 13.1. The van der Waals surface area contributed by atoms with Gasteiger partial charge in [-0.05, 0) is 55.8 Å². The number of hydrogen-bond acceptors (Lipinski definition) is 4. The molecule has 0 atom stereocenters. The average Bonchev–Trinajstić information content (AvgIpc) is 2.98. The summed E-state index contributed by atoms with van der Waals surface area (Å²) in [5.74, 6) is -0.850. The number of rotatable bonds is 7. The molecule has 0 radical (unpaired) electrons. The van der Waals surface area contributed by atoms with Crippen molar-refractivity contribution in [2.75, 3.05) is 11.6 Å². The number of carboxylic acid groups (broad SMARTS) is 1. The zero-order chi connectivity index (χ0) is 21.8. The molecule has 0 saturated heterocycles. The largest absolute Gasteiger partial charge is 0.493 e. The summed E-state index contributed by atoms with van der Waals surface area (Å²) in [6, 6.07) is 9.95. The molecule has 2 aromatic carbocycles. The molecule has 2 aromatic rings. The summed E-state index contributed by atoms with van der Waals surface area (Å²) in [5.41, 5.74) is 1.91. The van der Waals surface area contributed by atoms with E-state index < -0.39 is 5.97 Å². The first kappa shape index (κ1) is 22.1. The third kappa shape index (κ3) is 4.74. The lowest BCUT2D eigenvalue weighted by Crippen LogP contribution is -2.21. The number of ether oxygens (including phenoxy) is 1. The fraction of sp³-hybridized carbons (Fsp3) is 0.227. The molecule has 0 bridgehead atoms. The Hall–Kier alpha value is -2.64. The molecule has 0 spiro atoms. The van der Waals surface area contributed by atoms with Crippen molar-refractivity contribution in [3.8, 4) is 5.75 Å². The number of unbranched alkanes of at least 4 members (excludes halogenated alkanes) is 1. The van der Waals surface area contributed by atoms with E-state index in [-0.39, 0.29) is 16.5 Å². The fourth-order valence-corrected chi connectivity index (χ4v) is 3.49. The summed E-state index contributed by atoms with van der Waals surface area (Å²) >= 11 is 9.39. The Labute approximate surface area is 187 Å². The highest BCUT2D eigenvalue weighted by Crippen LogP contribution is 2.31. The summed E-state index contributed by atoms with van der Waals surface area (Å²) < 4.78 is 6.73. The van der Waals surface area contributed by atoms with E-state index in [1.165, 1.54) is 17.1 Å². The van der Waals surface area contributed by atoms with Crippen LogP contribution in [-0.2, 0) is 4.79 Å². The maximum absolute atomic E-state index is 13.1. The first-order chi connectivity index (χ1) is 14.3. The number of benzene rings is 2. The molecule has 0 aliphatic carbocycles. The molecule has 1 aliphatic rings. The lowest BCUT2D eigenvalue weighted by molar-refractivity contribution is -0.114. The number of hydrogen-bond donors (Lipinski definition) is 1. The standard InChI is InChI=1S/C22H20BrClN2O4/c1-3-4-9-30-20-8-5-15(23)10-14(20)11-17-13(2)25-26(21(17)27)16-6-7-19(24)18(12-16)22(28)29/h5-8,10-12H,3-4,9H2,1-2H3,(H,28,29)/b17-11-. The number of aromatic carboxylic acids is 1. The number of carbonyl (C=O) groups is 2. The fourth-order valence-electron chi connectivity index (χ4n) is 2.91. The molecule has 0 fully saturated rings. The molecule has 0 aromatic heterocycles. The van der Waals surface area contributed by atoms with E-state index >= 15 is 0 Å². The summed E-state index contributed by atoms with van der Waals surface area (Å²) in [6.45, 7) is 4.41. The Morgan fingerprint density at radius 1 is 1.30 bits per heavy atom. The maximum Gasteiger partial charge on any atom is 0.337 e. The lowest BCUT2D eigenvalue weighted by atomic mass is 10.1. The monoisotopic (exact) mass is 490 g/mol. The molecule has 3 rings (SSSR count).